The quantitative estimate of drug-likeness (QED) is 0.593. The van der Waals surface area contributed by atoms with Gasteiger partial charge < -0.3 is 5.32 Å². The number of rotatable bonds is 5. The third kappa shape index (κ3) is 4.25. The van der Waals surface area contributed by atoms with Gasteiger partial charge in [-0.2, -0.15) is 4.31 Å². The van der Waals surface area contributed by atoms with E-state index in [1.54, 1.807) is 6.92 Å². The van der Waals surface area contributed by atoms with Crippen molar-refractivity contribution < 1.29 is 26.4 Å². The number of nitrogens with zero attached hydrogens (tertiary/aromatic N) is 3. The number of sulfonamides is 1. The molecule has 1 aliphatic heterocycles. The first-order valence-electron chi connectivity index (χ1n) is 9.54. The Balaban J connectivity index is 1.58. The second kappa shape index (κ2) is 8.60. The number of halogens is 3. The number of hydrogen-bond donors (Lipinski definition) is 1. The Labute approximate surface area is 186 Å². The highest BCUT2D eigenvalue weighted by Crippen LogP contribution is 2.38. The molecule has 2 heterocycles. The van der Waals surface area contributed by atoms with Crippen LogP contribution in [0.2, 0.25) is 0 Å². The SMILES string of the molecule is Cc1ccc(F)cc1S(=O)(=O)N1CCCC1c1nnc(C(=O)Nc2ccc(F)cc2F)s1. The predicted molar refractivity (Wildman–Crippen MR) is 111 cm³/mol. The van der Waals surface area contributed by atoms with Gasteiger partial charge in [-0.25, -0.2) is 21.6 Å². The van der Waals surface area contributed by atoms with E-state index in [9.17, 15) is 26.4 Å². The number of amides is 1. The molecule has 3 aromatic rings. The first-order chi connectivity index (χ1) is 15.2. The summed E-state index contributed by atoms with van der Waals surface area (Å²) in [5.41, 5.74) is 0.190. The first-order valence-corrected chi connectivity index (χ1v) is 11.8. The van der Waals surface area contributed by atoms with Crippen molar-refractivity contribution in [3.8, 4) is 0 Å². The second-order valence-electron chi connectivity index (χ2n) is 7.21. The summed E-state index contributed by atoms with van der Waals surface area (Å²) in [6, 6.07) is 5.62. The van der Waals surface area contributed by atoms with Crippen molar-refractivity contribution in [1.29, 1.82) is 0 Å². The van der Waals surface area contributed by atoms with Gasteiger partial charge in [-0.15, -0.1) is 10.2 Å². The smallest absolute Gasteiger partial charge is 0.286 e. The van der Waals surface area contributed by atoms with Gasteiger partial charge in [0.05, 0.1) is 16.6 Å². The summed E-state index contributed by atoms with van der Waals surface area (Å²) in [4.78, 5) is 12.3. The highest BCUT2D eigenvalue weighted by atomic mass is 32.2. The Kier molecular flexibility index (Phi) is 6.01. The molecule has 4 rings (SSSR count). The van der Waals surface area contributed by atoms with Crippen molar-refractivity contribution in [3.05, 3.63) is 69.4 Å². The molecule has 32 heavy (non-hydrogen) atoms. The lowest BCUT2D eigenvalue weighted by Crippen LogP contribution is -2.31. The Morgan fingerprint density at radius 2 is 1.84 bits per heavy atom. The van der Waals surface area contributed by atoms with Gasteiger partial charge in [-0.1, -0.05) is 17.4 Å². The Morgan fingerprint density at radius 1 is 1.12 bits per heavy atom. The monoisotopic (exact) mass is 482 g/mol. The predicted octanol–water partition coefficient (Wildman–Crippen LogP) is 4.04. The zero-order chi connectivity index (χ0) is 23.0. The lowest BCUT2D eigenvalue weighted by molar-refractivity contribution is 0.102. The lowest BCUT2D eigenvalue weighted by atomic mass is 10.2. The number of hydrogen-bond acceptors (Lipinski definition) is 6. The summed E-state index contributed by atoms with van der Waals surface area (Å²) < 4.78 is 68.2. The fourth-order valence-electron chi connectivity index (χ4n) is 3.48. The van der Waals surface area contributed by atoms with Crippen LogP contribution in [0.5, 0.6) is 0 Å². The molecule has 168 valence electrons. The zero-order valence-corrected chi connectivity index (χ0v) is 18.3. The van der Waals surface area contributed by atoms with E-state index in [2.05, 4.69) is 15.5 Å². The van der Waals surface area contributed by atoms with Crippen LogP contribution in [-0.4, -0.2) is 35.4 Å². The Bertz CT molecular complexity index is 1300. The van der Waals surface area contributed by atoms with Crippen LogP contribution in [0.4, 0.5) is 18.9 Å². The Morgan fingerprint density at radius 3 is 2.59 bits per heavy atom. The van der Waals surface area contributed by atoms with Gasteiger partial charge in [0.25, 0.3) is 5.91 Å². The van der Waals surface area contributed by atoms with Crippen molar-refractivity contribution in [2.45, 2.75) is 30.7 Å². The molecular formula is C20H17F3N4O3S2. The molecule has 0 saturated carbocycles. The number of anilines is 1. The molecule has 12 heteroatoms. The van der Waals surface area contributed by atoms with Gasteiger partial charge in [0.1, 0.15) is 22.5 Å². The molecule has 1 fully saturated rings. The standard InChI is InChI=1S/C20H17F3N4O3S2/c1-11-4-5-13(22)10-17(11)32(29,30)27-8-2-3-16(27)19-25-26-20(31-19)18(28)24-15-7-6-12(21)9-14(15)23/h4-7,9-10,16H,2-3,8H2,1H3,(H,24,28). The molecule has 7 nitrogen and oxygen atoms in total. The molecule has 1 unspecified atom stereocenters. The average Bonchev–Trinajstić information content (AvgIpc) is 3.41. The number of aryl methyl sites for hydroxylation is 1. The number of benzene rings is 2. The summed E-state index contributed by atoms with van der Waals surface area (Å²) in [6.45, 7) is 1.80. The van der Waals surface area contributed by atoms with Gasteiger partial charge in [-0.3, -0.25) is 4.79 Å². The van der Waals surface area contributed by atoms with E-state index in [1.807, 2.05) is 0 Å². The molecule has 0 radical (unpaired) electrons. The van der Waals surface area contributed by atoms with Crippen molar-refractivity contribution >= 4 is 33.0 Å². The van der Waals surface area contributed by atoms with E-state index in [1.165, 1.54) is 16.4 Å². The van der Waals surface area contributed by atoms with E-state index in [0.29, 0.717) is 29.5 Å². The number of aromatic nitrogens is 2. The van der Waals surface area contributed by atoms with Crippen LogP contribution in [0.1, 0.15) is 39.3 Å². The Hall–Kier alpha value is -2.83. The van der Waals surface area contributed by atoms with Crippen molar-refractivity contribution in [2.75, 3.05) is 11.9 Å². The van der Waals surface area contributed by atoms with E-state index in [0.717, 1.165) is 29.5 Å². The van der Waals surface area contributed by atoms with Crippen molar-refractivity contribution in [1.82, 2.24) is 14.5 Å². The van der Waals surface area contributed by atoms with Crippen molar-refractivity contribution in [3.63, 3.8) is 0 Å². The summed E-state index contributed by atoms with van der Waals surface area (Å²) in [6.07, 6.45) is 1.01. The van der Waals surface area contributed by atoms with Crippen molar-refractivity contribution in [2.24, 2.45) is 0 Å². The highest BCUT2D eigenvalue weighted by molar-refractivity contribution is 7.89. The van der Waals surface area contributed by atoms with Crippen LogP contribution in [0.15, 0.2) is 41.3 Å². The maximum atomic E-state index is 13.8. The van der Waals surface area contributed by atoms with Gasteiger partial charge in [0.2, 0.25) is 15.0 Å². The molecule has 1 N–H and O–H groups in total. The van der Waals surface area contributed by atoms with Crippen LogP contribution in [-0.2, 0) is 10.0 Å². The zero-order valence-electron chi connectivity index (χ0n) is 16.7. The summed E-state index contributed by atoms with van der Waals surface area (Å²) in [7, 11) is -4.01. The third-order valence-electron chi connectivity index (χ3n) is 5.04. The molecule has 0 aliphatic carbocycles. The number of nitrogens with one attached hydrogen (secondary N) is 1. The number of carbonyl (C=O) groups excluding carboxylic acids is 1. The molecule has 1 aromatic heterocycles. The molecule has 1 aliphatic rings. The van der Waals surface area contributed by atoms with Crippen LogP contribution in [0.25, 0.3) is 0 Å². The summed E-state index contributed by atoms with van der Waals surface area (Å²) in [5.74, 6) is -3.14. The summed E-state index contributed by atoms with van der Waals surface area (Å²) >= 11 is 0.878. The lowest BCUT2D eigenvalue weighted by Gasteiger charge is -2.23. The molecule has 1 amide bonds. The van der Waals surface area contributed by atoms with Crippen LogP contribution in [0.3, 0.4) is 0 Å². The van der Waals surface area contributed by atoms with E-state index < -0.39 is 39.4 Å². The molecule has 1 atom stereocenters. The summed E-state index contributed by atoms with van der Waals surface area (Å²) in [5, 5.41) is 10.3. The molecule has 2 aromatic carbocycles. The average molecular weight is 483 g/mol. The van der Waals surface area contributed by atoms with Gasteiger partial charge >= 0.3 is 0 Å². The molecule has 1 saturated heterocycles. The molecule has 0 bridgehead atoms. The van der Waals surface area contributed by atoms with Gasteiger partial charge in [0, 0.05) is 12.6 Å². The van der Waals surface area contributed by atoms with E-state index in [4.69, 9.17) is 0 Å². The number of carbonyl (C=O) groups is 1. The van der Waals surface area contributed by atoms with E-state index in [-0.39, 0.29) is 22.1 Å². The first kappa shape index (κ1) is 22.4. The van der Waals surface area contributed by atoms with Gasteiger partial charge in [-0.05, 0) is 49.6 Å². The fraction of sp³-hybridized carbons (Fsp3) is 0.250. The normalized spacial score (nSPS) is 16.9. The minimum atomic E-state index is -4.01. The molecule has 0 spiro atoms. The maximum Gasteiger partial charge on any atom is 0.286 e. The fourth-order valence-corrected chi connectivity index (χ4v) is 6.33. The van der Waals surface area contributed by atoms with E-state index >= 15 is 0 Å². The maximum absolute atomic E-state index is 13.8. The highest BCUT2D eigenvalue weighted by Gasteiger charge is 2.39. The topological polar surface area (TPSA) is 92.3 Å². The minimum absolute atomic E-state index is 0.102. The third-order valence-corrected chi connectivity index (χ3v) is 8.11. The van der Waals surface area contributed by atoms with Crippen LogP contribution >= 0.6 is 11.3 Å². The largest absolute Gasteiger partial charge is 0.317 e. The van der Waals surface area contributed by atoms with Crippen LogP contribution < -0.4 is 5.32 Å². The molecular weight excluding hydrogens is 465 g/mol. The van der Waals surface area contributed by atoms with Gasteiger partial charge in [0.15, 0.2) is 0 Å². The second-order valence-corrected chi connectivity index (χ2v) is 10.1. The van der Waals surface area contributed by atoms with Crippen LogP contribution in [0, 0.1) is 24.4 Å². The minimum Gasteiger partial charge on any atom is -0.317 e.